The number of rotatable bonds is 3. The van der Waals surface area contributed by atoms with Crippen molar-refractivity contribution in [1.29, 1.82) is 5.26 Å². The lowest BCUT2D eigenvalue weighted by Crippen LogP contribution is -2.44. The molecule has 3 nitrogen and oxygen atoms in total. The van der Waals surface area contributed by atoms with Gasteiger partial charge >= 0.3 is 0 Å². The van der Waals surface area contributed by atoms with E-state index >= 15 is 0 Å². The molecular formula is C12H20F2N2OS. The largest absolute Gasteiger partial charge is 0.248 e. The number of halogens is 2. The van der Waals surface area contributed by atoms with Gasteiger partial charge in [-0.05, 0) is 39.5 Å². The van der Waals surface area contributed by atoms with E-state index < -0.39 is 27.7 Å². The molecule has 1 aliphatic carbocycles. The third-order valence-electron chi connectivity index (χ3n) is 3.16. The summed E-state index contributed by atoms with van der Waals surface area (Å²) in [5.74, 6) is -2.74. The summed E-state index contributed by atoms with van der Waals surface area (Å²) in [6.45, 7) is 5.42. The molecule has 0 amide bonds. The van der Waals surface area contributed by atoms with Crippen LogP contribution in [0.5, 0.6) is 0 Å². The molecule has 0 spiro atoms. The summed E-state index contributed by atoms with van der Waals surface area (Å²) in [5, 5.41) is 9.09. The molecule has 0 saturated heterocycles. The van der Waals surface area contributed by atoms with Crippen LogP contribution in [0.1, 0.15) is 46.5 Å². The SMILES string of the molecule is CC(C)(C)S(=O)N[C@H](C#N)C1CCC(F)(F)CC1. The zero-order chi connectivity index (χ0) is 14.0. The molecule has 1 N–H and O–H groups in total. The number of nitrogens with one attached hydrogen (secondary N) is 1. The fourth-order valence-electron chi connectivity index (χ4n) is 1.92. The maximum Gasteiger partial charge on any atom is 0.248 e. The van der Waals surface area contributed by atoms with Crippen molar-refractivity contribution < 1.29 is 13.0 Å². The molecule has 1 saturated carbocycles. The average molecular weight is 278 g/mol. The zero-order valence-corrected chi connectivity index (χ0v) is 11.8. The van der Waals surface area contributed by atoms with Gasteiger partial charge in [0.15, 0.2) is 0 Å². The molecule has 0 aromatic heterocycles. The van der Waals surface area contributed by atoms with E-state index in [0.717, 1.165) is 0 Å². The zero-order valence-electron chi connectivity index (χ0n) is 11.0. The van der Waals surface area contributed by atoms with E-state index in [1.165, 1.54) is 0 Å². The van der Waals surface area contributed by atoms with Gasteiger partial charge in [-0.15, -0.1) is 0 Å². The first kappa shape index (κ1) is 15.5. The van der Waals surface area contributed by atoms with E-state index in [-0.39, 0.29) is 18.8 Å². The van der Waals surface area contributed by atoms with Crippen LogP contribution in [-0.2, 0) is 11.0 Å². The maximum atomic E-state index is 13.0. The molecule has 0 aliphatic heterocycles. The van der Waals surface area contributed by atoms with Crippen LogP contribution in [0.4, 0.5) is 8.78 Å². The van der Waals surface area contributed by atoms with E-state index in [1.807, 2.05) is 0 Å². The molecule has 0 heterocycles. The van der Waals surface area contributed by atoms with Gasteiger partial charge in [0, 0.05) is 12.8 Å². The third-order valence-corrected chi connectivity index (χ3v) is 4.74. The normalized spacial score (nSPS) is 24.2. The molecule has 104 valence electrons. The first-order chi connectivity index (χ1) is 8.15. The Labute approximate surface area is 110 Å². The molecular weight excluding hydrogens is 258 g/mol. The van der Waals surface area contributed by atoms with Crippen LogP contribution < -0.4 is 4.72 Å². The summed E-state index contributed by atoms with van der Waals surface area (Å²) < 4.78 is 40.3. The van der Waals surface area contributed by atoms with Gasteiger partial charge in [0.1, 0.15) is 6.04 Å². The van der Waals surface area contributed by atoms with Gasteiger partial charge in [-0.3, -0.25) is 0 Å². The van der Waals surface area contributed by atoms with Gasteiger partial charge in [-0.25, -0.2) is 17.7 Å². The molecule has 18 heavy (non-hydrogen) atoms. The van der Waals surface area contributed by atoms with E-state index in [0.29, 0.717) is 12.8 Å². The lowest BCUT2D eigenvalue weighted by Gasteiger charge is -2.32. The van der Waals surface area contributed by atoms with Crippen molar-refractivity contribution in [1.82, 2.24) is 4.72 Å². The Morgan fingerprint density at radius 1 is 1.39 bits per heavy atom. The summed E-state index contributed by atoms with van der Waals surface area (Å²) in [4.78, 5) is 0. The number of hydrogen-bond donors (Lipinski definition) is 1. The fraction of sp³-hybridized carbons (Fsp3) is 0.917. The highest BCUT2D eigenvalue weighted by atomic mass is 32.2. The third kappa shape index (κ3) is 4.29. The second-order valence-electron chi connectivity index (χ2n) is 5.80. The smallest absolute Gasteiger partial charge is 0.242 e. The van der Waals surface area contributed by atoms with Crippen LogP contribution in [0.3, 0.4) is 0 Å². The highest BCUT2D eigenvalue weighted by molar-refractivity contribution is 7.84. The summed E-state index contributed by atoms with van der Waals surface area (Å²) in [7, 11) is -1.35. The average Bonchev–Trinajstić information content (AvgIpc) is 2.24. The van der Waals surface area contributed by atoms with Gasteiger partial charge in [0.2, 0.25) is 5.92 Å². The summed E-state index contributed by atoms with van der Waals surface area (Å²) in [6, 6.07) is 1.44. The minimum atomic E-state index is -2.60. The van der Waals surface area contributed by atoms with Crippen LogP contribution in [0, 0.1) is 17.2 Å². The Morgan fingerprint density at radius 2 is 1.89 bits per heavy atom. The topological polar surface area (TPSA) is 52.9 Å². The van der Waals surface area contributed by atoms with Crippen LogP contribution in [0.15, 0.2) is 0 Å². The van der Waals surface area contributed by atoms with Crippen molar-refractivity contribution >= 4 is 11.0 Å². The molecule has 1 aliphatic rings. The van der Waals surface area contributed by atoms with Gasteiger partial charge < -0.3 is 0 Å². The monoisotopic (exact) mass is 278 g/mol. The Morgan fingerprint density at radius 3 is 2.28 bits per heavy atom. The Bertz CT molecular complexity index is 350. The molecule has 2 atom stereocenters. The highest BCUT2D eigenvalue weighted by Gasteiger charge is 2.38. The first-order valence-corrected chi connectivity index (χ1v) is 7.26. The van der Waals surface area contributed by atoms with Crippen molar-refractivity contribution in [3.63, 3.8) is 0 Å². The number of alkyl halides is 2. The molecule has 6 heteroatoms. The minimum absolute atomic E-state index is 0.138. The lowest BCUT2D eigenvalue weighted by molar-refractivity contribution is -0.0469. The molecule has 0 radical (unpaired) electrons. The van der Waals surface area contributed by atoms with Crippen molar-refractivity contribution in [2.75, 3.05) is 0 Å². The Balaban J connectivity index is 2.59. The minimum Gasteiger partial charge on any atom is -0.242 e. The van der Waals surface area contributed by atoms with Gasteiger partial charge in [-0.1, -0.05) is 0 Å². The predicted octanol–water partition coefficient (Wildman–Crippen LogP) is 2.76. The summed E-state index contributed by atoms with van der Waals surface area (Å²) in [5.41, 5.74) is 0. The van der Waals surface area contributed by atoms with Gasteiger partial charge in [-0.2, -0.15) is 5.26 Å². The lowest BCUT2D eigenvalue weighted by atomic mass is 9.83. The molecule has 0 aromatic rings. The molecule has 1 unspecified atom stereocenters. The summed E-state index contributed by atoms with van der Waals surface area (Å²) >= 11 is 0. The predicted molar refractivity (Wildman–Crippen MR) is 67.3 cm³/mol. The molecule has 0 aromatic carbocycles. The Kier molecular flexibility index (Phi) is 4.84. The van der Waals surface area contributed by atoms with Crippen molar-refractivity contribution in [2.45, 2.75) is 63.2 Å². The second-order valence-corrected chi connectivity index (χ2v) is 7.80. The van der Waals surface area contributed by atoms with Crippen LogP contribution >= 0.6 is 0 Å². The number of hydrogen-bond acceptors (Lipinski definition) is 2. The van der Waals surface area contributed by atoms with E-state index in [2.05, 4.69) is 10.8 Å². The fourth-order valence-corrected chi connectivity index (χ4v) is 2.75. The van der Waals surface area contributed by atoms with Crippen LogP contribution in [0.25, 0.3) is 0 Å². The Hall–Kier alpha value is -0.540. The molecule has 1 rings (SSSR count). The first-order valence-electron chi connectivity index (χ1n) is 6.11. The highest BCUT2D eigenvalue weighted by Crippen LogP contribution is 2.37. The van der Waals surface area contributed by atoms with Gasteiger partial charge in [0.25, 0.3) is 0 Å². The molecule has 1 fully saturated rings. The van der Waals surface area contributed by atoms with Gasteiger partial charge in [0.05, 0.1) is 21.8 Å². The second kappa shape index (κ2) is 5.62. The maximum absolute atomic E-state index is 13.0. The van der Waals surface area contributed by atoms with Crippen molar-refractivity contribution in [3.8, 4) is 6.07 Å². The number of nitriles is 1. The van der Waals surface area contributed by atoms with E-state index in [9.17, 15) is 13.0 Å². The van der Waals surface area contributed by atoms with Crippen LogP contribution in [-0.4, -0.2) is 20.9 Å². The number of nitrogens with zero attached hydrogens (tertiary/aromatic N) is 1. The molecule has 0 bridgehead atoms. The van der Waals surface area contributed by atoms with Crippen molar-refractivity contribution in [2.24, 2.45) is 5.92 Å². The van der Waals surface area contributed by atoms with Crippen molar-refractivity contribution in [3.05, 3.63) is 0 Å². The summed E-state index contributed by atoms with van der Waals surface area (Å²) in [6.07, 6.45) is 0.249. The van der Waals surface area contributed by atoms with E-state index in [1.54, 1.807) is 20.8 Å². The van der Waals surface area contributed by atoms with E-state index in [4.69, 9.17) is 5.26 Å². The van der Waals surface area contributed by atoms with Crippen LogP contribution in [0.2, 0.25) is 0 Å². The standard InChI is InChI=1S/C12H20F2N2OS/c1-11(2,3)18(17)16-10(8-15)9-4-6-12(13,14)7-5-9/h9-10,16H,4-7H2,1-3H3/t10-,18?/m1/s1. The quantitative estimate of drug-likeness (QED) is 0.863.